The Balaban J connectivity index is 1.52. The number of ether oxygens (including phenoxy) is 1. The van der Waals surface area contributed by atoms with Crippen LogP contribution in [0.4, 0.5) is 11.4 Å². The van der Waals surface area contributed by atoms with E-state index in [2.05, 4.69) is 10.1 Å². The van der Waals surface area contributed by atoms with Crippen LogP contribution in [0.25, 0.3) is 11.5 Å². The third-order valence-electron chi connectivity index (χ3n) is 4.93. The van der Waals surface area contributed by atoms with Gasteiger partial charge in [-0.2, -0.15) is 4.98 Å². The van der Waals surface area contributed by atoms with Crippen molar-refractivity contribution in [2.24, 2.45) is 0 Å². The molecule has 4 rings (SSSR count). The highest BCUT2D eigenvalue weighted by molar-refractivity contribution is 5.96. The van der Waals surface area contributed by atoms with Crippen molar-refractivity contribution in [1.29, 1.82) is 0 Å². The van der Waals surface area contributed by atoms with Crippen molar-refractivity contribution >= 4 is 17.3 Å². The topological polar surface area (TPSA) is 71.7 Å². The molecule has 3 aromatic rings. The lowest BCUT2D eigenvalue weighted by molar-refractivity contribution is -0.117. The minimum absolute atomic E-state index is 0.0416. The predicted molar refractivity (Wildman–Crippen MR) is 107 cm³/mol. The highest BCUT2D eigenvalue weighted by Crippen LogP contribution is 2.33. The smallest absolute Gasteiger partial charge is 0.257 e. The number of benzene rings is 2. The standard InChI is InChI=1S/C21H22N4O3/c1-24(2)16-9-7-14(8-10-16)21-22-20(23-28-21)15-11-19(26)25(13-15)17-5-4-6-18(12-17)27-3/h4-10,12,15H,11,13H2,1-3H3. The van der Waals surface area contributed by atoms with E-state index in [1.54, 1.807) is 12.0 Å². The van der Waals surface area contributed by atoms with Crippen LogP contribution >= 0.6 is 0 Å². The number of hydrogen-bond donors (Lipinski definition) is 0. The molecule has 1 aliphatic heterocycles. The average molecular weight is 378 g/mol. The van der Waals surface area contributed by atoms with E-state index >= 15 is 0 Å². The van der Waals surface area contributed by atoms with Gasteiger partial charge in [0.25, 0.3) is 5.89 Å². The van der Waals surface area contributed by atoms with Gasteiger partial charge in [-0.15, -0.1) is 0 Å². The zero-order chi connectivity index (χ0) is 19.7. The van der Waals surface area contributed by atoms with Crippen LogP contribution in [0.3, 0.4) is 0 Å². The molecule has 2 aromatic carbocycles. The molecule has 0 bridgehead atoms. The summed E-state index contributed by atoms with van der Waals surface area (Å²) < 4.78 is 10.7. The van der Waals surface area contributed by atoms with Crippen LogP contribution in [-0.2, 0) is 4.79 Å². The largest absolute Gasteiger partial charge is 0.497 e. The molecule has 1 amide bonds. The summed E-state index contributed by atoms with van der Waals surface area (Å²) in [4.78, 5) is 20.8. The fourth-order valence-electron chi connectivity index (χ4n) is 3.33. The lowest BCUT2D eigenvalue weighted by atomic mass is 10.1. The van der Waals surface area contributed by atoms with E-state index in [0.717, 1.165) is 22.7 Å². The van der Waals surface area contributed by atoms with Gasteiger partial charge in [-0.25, -0.2) is 0 Å². The van der Waals surface area contributed by atoms with Crippen molar-refractivity contribution in [3.8, 4) is 17.2 Å². The molecule has 1 saturated heterocycles. The first-order valence-electron chi connectivity index (χ1n) is 9.11. The Bertz CT molecular complexity index is 981. The molecule has 1 aromatic heterocycles. The Morgan fingerprint density at radius 2 is 1.96 bits per heavy atom. The lowest BCUT2D eigenvalue weighted by Crippen LogP contribution is -2.24. The quantitative estimate of drug-likeness (QED) is 0.678. The van der Waals surface area contributed by atoms with Gasteiger partial charge in [-0.1, -0.05) is 11.2 Å². The van der Waals surface area contributed by atoms with E-state index in [4.69, 9.17) is 9.26 Å². The maximum absolute atomic E-state index is 12.5. The molecular formula is C21H22N4O3. The summed E-state index contributed by atoms with van der Waals surface area (Å²) in [6.45, 7) is 0.518. The third kappa shape index (κ3) is 3.43. The highest BCUT2D eigenvalue weighted by atomic mass is 16.5. The SMILES string of the molecule is COc1cccc(N2CC(c3noc(-c4ccc(N(C)C)cc4)n3)CC2=O)c1. The average Bonchev–Trinajstić information content (AvgIpc) is 3.35. The van der Waals surface area contributed by atoms with Gasteiger partial charge in [0, 0.05) is 56.0 Å². The van der Waals surface area contributed by atoms with Gasteiger partial charge in [0.05, 0.1) is 7.11 Å². The van der Waals surface area contributed by atoms with Crippen molar-refractivity contribution in [3.63, 3.8) is 0 Å². The van der Waals surface area contributed by atoms with Gasteiger partial charge in [0.1, 0.15) is 5.75 Å². The fraction of sp³-hybridized carbons (Fsp3) is 0.286. The monoisotopic (exact) mass is 378 g/mol. The summed E-state index contributed by atoms with van der Waals surface area (Å²) >= 11 is 0. The van der Waals surface area contributed by atoms with Gasteiger partial charge in [-0.05, 0) is 36.4 Å². The summed E-state index contributed by atoms with van der Waals surface area (Å²) in [5, 5.41) is 4.13. The number of anilines is 2. The molecule has 7 heteroatoms. The van der Waals surface area contributed by atoms with Crippen LogP contribution < -0.4 is 14.5 Å². The number of nitrogens with zero attached hydrogens (tertiary/aromatic N) is 4. The predicted octanol–water partition coefficient (Wildman–Crippen LogP) is 3.33. The van der Waals surface area contributed by atoms with E-state index in [1.807, 2.05) is 67.5 Å². The molecule has 1 atom stereocenters. The van der Waals surface area contributed by atoms with Crippen LogP contribution in [0.2, 0.25) is 0 Å². The molecule has 0 spiro atoms. The number of methoxy groups -OCH3 is 1. The number of aromatic nitrogens is 2. The normalized spacial score (nSPS) is 16.5. The minimum atomic E-state index is -0.0998. The fourth-order valence-corrected chi connectivity index (χ4v) is 3.33. The minimum Gasteiger partial charge on any atom is -0.497 e. The molecule has 0 radical (unpaired) electrons. The van der Waals surface area contributed by atoms with Gasteiger partial charge in [0.15, 0.2) is 5.82 Å². The molecule has 1 fully saturated rings. The van der Waals surface area contributed by atoms with Crippen molar-refractivity contribution < 1.29 is 14.1 Å². The maximum Gasteiger partial charge on any atom is 0.257 e. The Kier molecular flexibility index (Phi) is 4.73. The molecule has 0 saturated carbocycles. The number of carbonyl (C=O) groups is 1. The van der Waals surface area contributed by atoms with Crippen molar-refractivity contribution in [3.05, 3.63) is 54.4 Å². The summed E-state index contributed by atoms with van der Waals surface area (Å²) in [6, 6.07) is 15.4. The zero-order valence-electron chi connectivity index (χ0n) is 16.1. The molecule has 1 aliphatic rings. The first kappa shape index (κ1) is 18.0. The van der Waals surface area contributed by atoms with E-state index in [-0.39, 0.29) is 11.8 Å². The second-order valence-electron chi connectivity index (χ2n) is 7.01. The van der Waals surface area contributed by atoms with E-state index in [0.29, 0.717) is 24.7 Å². The Morgan fingerprint density at radius 1 is 1.18 bits per heavy atom. The second kappa shape index (κ2) is 7.34. The van der Waals surface area contributed by atoms with Crippen LogP contribution in [0.1, 0.15) is 18.2 Å². The van der Waals surface area contributed by atoms with Crippen molar-refractivity contribution in [1.82, 2.24) is 10.1 Å². The van der Waals surface area contributed by atoms with E-state index < -0.39 is 0 Å². The van der Waals surface area contributed by atoms with Gasteiger partial charge in [0.2, 0.25) is 5.91 Å². The molecule has 2 heterocycles. The van der Waals surface area contributed by atoms with Crippen LogP contribution in [0, 0.1) is 0 Å². The second-order valence-corrected chi connectivity index (χ2v) is 7.01. The molecule has 28 heavy (non-hydrogen) atoms. The first-order chi connectivity index (χ1) is 13.5. The molecule has 1 unspecified atom stereocenters. The van der Waals surface area contributed by atoms with E-state index in [9.17, 15) is 4.79 Å². The lowest BCUT2D eigenvalue weighted by Gasteiger charge is -2.16. The maximum atomic E-state index is 12.5. The molecule has 144 valence electrons. The van der Waals surface area contributed by atoms with Crippen LogP contribution in [0.5, 0.6) is 5.75 Å². The van der Waals surface area contributed by atoms with E-state index in [1.165, 1.54) is 0 Å². The van der Waals surface area contributed by atoms with Gasteiger partial charge >= 0.3 is 0 Å². The summed E-state index contributed by atoms with van der Waals surface area (Å²) in [5.41, 5.74) is 2.77. The van der Waals surface area contributed by atoms with Crippen molar-refractivity contribution in [2.45, 2.75) is 12.3 Å². The Morgan fingerprint density at radius 3 is 2.68 bits per heavy atom. The third-order valence-corrected chi connectivity index (χ3v) is 4.93. The first-order valence-corrected chi connectivity index (χ1v) is 9.11. The molecule has 0 aliphatic carbocycles. The summed E-state index contributed by atoms with van der Waals surface area (Å²) in [6.07, 6.45) is 0.357. The summed E-state index contributed by atoms with van der Waals surface area (Å²) in [5.74, 6) is 1.69. The number of carbonyl (C=O) groups excluding carboxylic acids is 1. The van der Waals surface area contributed by atoms with Gasteiger partial charge in [-0.3, -0.25) is 4.79 Å². The number of rotatable bonds is 5. The Labute approximate surface area is 163 Å². The van der Waals surface area contributed by atoms with Crippen LogP contribution in [-0.4, -0.2) is 43.8 Å². The molecular weight excluding hydrogens is 356 g/mol. The zero-order valence-corrected chi connectivity index (χ0v) is 16.1. The van der Waals surface area contributed by atoms with Crippen molar-refractivity contribution in [2.75, 3.05) is 37.5 Å². The highest BCUT2D eigenvalue weighted by Gasteiger charge is 2.34. The Hall–Kier alpha value is -3.35. The van der Waals surface area contributed by atoms with Gasteiger partial charge < -0.3 is 19.1 Å². The van der Waals surface area contributed by atoms with Crippen LogP contribution in [0.15, 0.2) is 53.1 Å². The number of amides is 1. The molecule has 0 N–H and O–H groups in total. The summed E-state index contributed by atoms with van der Waals surface area (Å²) in [7, 11) is 5.59. The number of hydrogen-bond acceptors (Lipinski definition) is 6. The molecule has 7 nitrogen and oxygen atoms in total.